The first-order valence-electron chi connectivity index (χ1n) is 12.0. The average molecular weight is 473 g/mol. The van der Waals surface area contributed by atoms with Crippen LogP contribution in [0.5, 0.6) is 0 Å². The van der Waals surface area contributed by atoms with Crippen molar-refractivity contribution < 1.29 is 13.5 Å². The normalized spacial score (nSPS) is 19.4. The highest BCUT2D eigenvalue weighted by molar-refractivity contribution is 5.76. The minimum atomic E-state index is -0.950. The van der Waals surface area contributed by atoms with Crippen LogP contribution in [-0.4, -0.2) is 45.3 Å². The molecule has 1 saturated heterocycles. The van der Waals surface area contributed by atoms with E-state index in [2.05, 4.69) is 29.8 Å². The summed E-state index contributed by atoms with van der Waals surface area (Å²) in [5.41, 5.74) is 2.09. The summed E-state index contributed by atoms with van der Waals surface area (Å²) >= 11 is 0. The van der Waals surface area contributed by atoms with Crippen molar-refractivity contribution in [3.05, 3.63) is 63.8 Å². The van der Waals surface area contributed by atoms with Gasteiger partial charge in [0.05, 0.1) is 17.6 Å². The number of ether oxygens (including phenoxy) is 1. The first-order valence-corrected chi connectivity index (χ1v) is 12.0. The van der Waals surface area contributed by atoms with E-state index in [1.54, 1.807) is 4.57 Å². The first-order chi connectivity index (χ1) is 16.1. The number of pyridine rings is 1. The molecule has 1 fully saturated rings. The van der Waals surface area contributed by atoms with Crippen LogP contribution in [0, 0.1) is 24.0 Å². The van der Waals surface area contributed by atoms with Gasteiger partial charge in [-0.15, -0.1) is 0 Å². The third kappa shape index (κ3) is 4.29. The molecule has 2 aromatic heterocycles. The van der Waals surface area contributed by atoms with E-state index in [9.17, 15) is 13.6 Å². The maximum atomic E-state index is 14.2. The predicted octanol–water partition coefficient (Wildman–Crippen LogP) is 4.47. The number of benzene rings is 1. The van der Waals surface area contributed by atoms with Crippen molar-refractivity contribution in [3.63, 3.8) is 0 Å². The van der Waals surface area contributed by atoms with Crippen molar-refractivity contribution in [3.8, 4) is 0 Å². The van der Waals surface area contributed by atoms with E-state index in [1.165, 1.54) is 4.57 Å². The second-order valence-electron chi connectivity index (χ2n) is 9.92. The van der Waals surface area contributed by atoms with E-state index >= 15 is 0 Å². The molecule has 184 valence electrons. The van der Waals surface area contributed by atoms with Gasteiger partial charge in [0.2, 0.25) is 0 Å². The molecule has 4 rings (SSSR count). The highest BCUT2D eigenvalue weighted by Crippen LogP contribution is 2.40. The minimum Gasteiger partial charge on any atom is -0.381 e. The van der Waals surface area contributed by atoms with Crippen molar-refractivity contribution in [1.29, 1.82) is 0 Å². The van der Waals surface area contributed by atoms with Gasteiger partial charge in [-0.05, 0) is 59.2 Å². The molecule has 0 saturated carbocycles. The van der Waals surface area contributed by atoms with Gasteiger partial charge in [-0.25, -0.2) is 13.6 Å². The fraction of sp³-hybridized carbons (Fsp3) is 0.538. The number of fused-ring (bicyclic) bond motifs is 1. The van der Waals surface area contributed by atoms with Crippen LogP contribution in [-0.2, 0) is 23.4 Å². The van der Waals surface area contributed by atoms with Crippen molar-refractivity contribution in [2.45, 2.75) is 59.7 Å². The summed E-state index contributed by atoms with van der Waals surface area (Å²) in [6.07, 6.45) is 2.75. The molecule has 3 aromatic rings. The van der Waals surface area contributed by atoms with Crippen LogP contribution in [0.3, 0.4) is 0 Å². The zero-order valence-corrected chi connectivity index (χ0v) is 20.7. The summed E-state index contributed by atoms with van der Waals surface area (Å²) in [4.78, 5) is 20.2. The zero-order valence-electron chi connectivity index (χ0n) is 20.7. The second kappa shape index (κ2) is 9.23. The smallest absolute Gasteiger partial charge is 0.329 e. The number of halogens is 2. The van der Waals surface area contributed by atoms with Crippen LogP contribution < -0.4 is 5.69 Å². The van der Waals surface area contributed by atoms with Gasteiger partial charge in [0.25, 0.3) is 0 Å². The predicted molar refractivity (Wildman–Crippen MR) is 129 cm³/mol. The Morgan fingerprint density at radius 1 is 1.12 bits per heavy atom. The molecule has 0 radical (unpaired) electrons. The Balaban J connectivity index is 1.72. The van der Waals surface area contributed by atoms with Gasteiger partial charge in [0, 0.05) is 61.2 Å². The second-order valence-corrected chi connectivity index (χ2v) is 9.92. The van der Waals surface area contributed by atoms with Gasteiger partial charge in [0.15, 0.2) is 11.6 Å². The van der Waals surface area contributed by atoms with E-state index in [0.717, 1.165) is 36.4 Å². The van der Waals surface area contributed by atoms with E-state index in [4.69, 9.17) is 4.74 Å². The lowest BCUT2D eigenvalue weighted by molar-refractivity contribution is 0.0333. The molecule has 0 bridgehead atoms. The lowest BCUT2D eigenvalue weighted by Crippen LogP contribution is -2.44. The zero-order chi connectivity index (χ0) is 24.7. The molecular weight excluding hydrogens is 438 g/mol. The summed E-state index contributed by atoms with van der Waals surface area (Å²) < 4.78 is 37.2. The minimum absolute atomic E-state index is 0.251. The van der Waals surface area contributed by atoms with Crippen molar-refractivity contribution in [2.75, 3.05) is 26.3 Å². The van der Waals surface area contributed by atoms with Gasteiger partial charge >= 0.3 is 5.69 Å². The Morgan fingerprint density at radius 2 is 1.79 bits per heavy atom. The number of hydrogen-bond donors (Lipinski definition) is 0. The molecule has 8 heteroatoms. The number of aromatic nitrogens is 3. The Bertz CT molecular complexity index is 1230. The van der Waals surface area contributed by atoms with Gasteiger partial charge < -0.3 is 4.74 Å². The quantitative estimate of drug-likeness (QED) is 0.486. The van der Waals surface area contributed by atoms with Gasteiger partial charge in [-0.1, -0.05) is 6.07 Å². The summed E-state index contributed by atoms with van der Waals surface area (Å²) in [6.45, 7) is 13.5. The Labute approximate surface area is 199 Å². The van der Waals surface area contributed by atoms with Crippen LogP contribution >= 0.6 is 0 Å². The Kier molecular flexibility index (Phi) is 6.66. The summed E-state index contributed by atoms with van der Waals surface area (Å²) in [5.74, 6) is -1.90. The number of nitrogens with zero attached hydrogens (tertiary/aromatic N) is 4. The third-order valence-corrected chi connectivity index (χ3v) is 7.33. The Hall–Kier alpha value is -2.58. The molecule has 3 heterocycles. The number of hydrogen-bond acceptors (Lipinski definition) is 4. The van der Waals surface area contributed by atoms with Gasteiger partial charge in [-0.2, -0.15) is 0 Å². The van der Waals surface area contributed by atoms with Crippen molar-refractivity contribution in [1.82, 2.24) is 19.0 Å². The van der Waals surface area contributed by atoms with Gasteiger partial charge in [-0.3, -0.25) is 19.0 Å². The number of likely N-dealkylation sites (tertiary alicyclic amines) is 1. The molecule has 1 atom stereocenters. The van der Waals surface area contributed by atoms with Crippen molar-refractivity contribution >= 4 is 11.0 Å². The number of aryl methyl sites for hydroxylation is 2. The van der Waals surface area contributed by atoms with E-state index in [1.807, 2.05) is 33.0 Å². The standard InChI is InChI=1S/C26H34F2N4O2/c1-6-31-22-12-20(27)21(28)13-23(22)32(24(31)33)16-26(17-34-7-2)10-11-30(15-26)25(4,5)19-9-8-18(3)29-14-19/h8-9,12-14H,6-7,10-11,15-17H2,1-5H3/t26-/m1/s1. The fourth-order valence-corrected chi connectivity index (χ4v) is 5.14. The van der Waals surface area contributed by atoms with E-state index in [-0.39, 0.29) is 16.6 Å². The summed E-state index contributed by atoms with van der Waals surface area (Å²) in [7, 11) is 0. The molecule has 34 heavy (non-hydrogen) atoms. The van der Waals surface area contributed by atoms with E-state index in [0.29, 0.717) is 43.9 Å². The summed E-state index contributed by atoms with van der Waals surface area (Å²) in [5, 5.41) is 0. The molecule has 0 N–H and O–H groups in total. The molecule has 6 nitrogen and oxygen atoms in total. The number of rotatable bonds is 8. The maximum Gasteiger partial charge on any atom is 0.329 e. The van der Waals surface area contributed by atoms with Crippen LogP contribution in [0.25, 0.3) is 11.0 Å². The molecule has 0 unspecified atom stereocenters. The Morgan fingerprint density at radius 3 is 2.38 bits per heavy atom. The SMILES string of the molecule is CCOC[C@]1(Cn2c(=O)n(CC)c3cc(F)c(F)cc32)CCN(C(C)(C)c2ccc(C)nc2)C1. The maximum absolute atomic E-state index is 14.2. The average Bonchev–Trinajstić information content (AvgIpc) is 3.34. The van der Waals surface area contributed by atoms with Crippen LogP contribution in [0.4, 0.5) is 8.78 Å². The molecule has 0 aliphatic carbocycles. The first kappa shape index (κ1) is 24.5. The highest BCUT2D eigenvalue weighted by Gasteiger charge is 2.44. The van der Waals surface area contributed by atoms with E-state index < -0.39 is 11.6 Å². The van der Waals surface area contributed by atoms with Gasteiger partial charge in [0.1, 0.15) is 0 Å². The van der Waals surface area contributed by atoms with Crippen LogP contribution in [0.2, 0.25) is 0 Å². The molecule has 0 spiro atoms. The summed E-state index contributed by atoms with van der Waals surface area (Å²) in [6, 6.07) is 6.39. The molecule has 0 amide bonds. The van der Waals surface area contributed by atoms with Crippen molar-refractivity contribution in [2.24, 2.45) is 5.41 Å². The van der Waals surface area contributed by atoms with Crippen LogP contribution in [0.15, 0.2) is 35.3 Å². The monoisotopic (exact) mass is 472 g/mol. The lowest BCUT2D eigenvalue weighted by Gasteiger charge is -2.38. The molecule has 1 aliphatic heterocycles. The number of imidazole rings is 1. The lowest BCUT2D eigenvalue weighted by atomic mass is 9.87. The van der Waals surface area contributed by atoms with Crippen LogP contribution in [0.1, 0.15) is 45.4 Å². The molecular formula is C26H34F2N4O2. The molecule has 1 aromatic carbocycles. The third-order valence-electron chi connectivity index (χ3n) is 7.33. The molecule has 1 aliphatic rings. The largest absolute Gasteiger partial charge is 0.381 e. The fourth-order valence-electron chi connectivity index (χ4n) is 5.14. The highest BCUT2D eigenvalue weighted by atomic mass is 19.2. The topological polar surface area (TPSA) is 52.3 Å².